The van der Waals surface area contributed by atoms with Crippen LogP contribution in [-0.2, 0) is 25.0 Å². The first kappa shape index (κ1) is 62.3. The highest BCUT2D eigenvalue weighted by molar-refractivity contribution is 6.22. The lowest BCUT2D eigenvalue weighted by molar-refractivity contribution is 0.0636. The van der Waals surface area contributed by atoms with Crippen LogP contribution in [0.25, 0.3) is 0 Å². The summed E-state index contributed by atoms with van der Waals surface area (Å²) in [6, 6.07) is 53.7. The van der Waals surface area contributed by atoms with Crippen molar-refractivity contribution in [2.45, 2.75) is 102 Å². The summed E-state index contributed by atoms with van der Waals surface area (Å²) < 4.78 is 8.54. The fraction of sp³-hybridized carbons (Fsp3) is 0.263. The average molecular weight is 1210 g/mol. The number of hydrogen-bond acceptors (Lipinski definition) is 10. The molecule has 1 aromatic heterocycles. The highest BCUT2D eigenvalue weighted by atomic mass is 16.5. The minimum Gasteiger partial charge on any atom is -0.493 e. The number of rotatable bonds is 29. The van der Waals surface area contributed by atoms with Crippen molar-refractivity contribution in [1.82, 2.24) is 19.3 Å². The molecule has 0 radical (unpaired) electrons. The third-order valence-electron chi connectivity index (χ3n) is 17.2. The molecule has 15 nitrogen and oxygen atoms in total. The van der Waals surface area contributed by atoms with E-state index in [-0.39, 0.29) is 58.9 Å². The number of fused-ring (bicyclic) bond motifs is 3. The number of carbonyl (C=O) groups excluding carboxylic acids is 8. The third-order valence-corrected chi connectivity index (χ3v) is 17.2. The molecule has 7 aromatic carbocycles. The highest BCUT2D eigenvalue weighted by Crippen LogP contribution is 2.35. The van der Waals surface area contributed by atoms with Crippen LogP contribution in [0.1, 0.15) is 194 Å². The van der Waals surface area contributed by atoms with Gasteiger partial charge in [-0.05, 0) is 129 Å². The van der Waals surface area contributed by atoms with E-state index in [0.717, 1.165) is 55.2 Å². The Kier molecular flexibility index (Phi) is 19.8. The first-order valence-electron chi connectivity index (χ1n) is 31.5. The fourth-order valence-corrected chi connectivity index (χ4v) is 12.4. The summed E-state index contributed by atoms with van der Waals surface area (Å²) in [6.45, 7) is 1.46. The maximum absolute atomic E-state index is 15.1. The Bertz CT molecular complexity index is 3860. The number of ether oxygens (including phenoxy) is 1. The van der Waals surface area contributed by atoms with E-state index in [1.807, 2.05) is 78.9 Å². The van der Waals surface area contributed by atoms with E-state index in [0.29, 0.717) is 140 Å². The Morgan fingerprint density at radius 1 is 0.473 bits per heavy atom. The number of benzene rings is 7. The van der Waals surface area contributed by atoms with Crippen LogP contribution >= 0.6 is 0 Å². The molecule has 8 aromatic rings. The number of amides is 7. The van der Waals surface area contributed by atoms with Crippen LogP contribution in [0.2, 0.25) is 0 Å². The van der Waals surface area contributed by atoms with Gasteiger partial charge in [0.1, 0.15) is 17.1 Å². The first-order valence-corrected chi connectivity index (χ1v) is 31.5. The van der Waals surface area contributed by atoms with Crippen molar-refractivity contribution in [1.29, 1.82) is 0 Å². The largest absolute Gasteiger partial charge is 0.493 e. The SMILES string of the molecule is O=Cc1cc(C(=O)Nc2cc(CCCCCCN3C(=O)c4ccccc4C3=O)c(OCCCCCCN3C(=O)c4ccccc4C3=O)c(CCCCCCN3C(=O)c4ccccc4C3=O)c2)n(Cc2ccccc2)c1C#CC(O)(c1ccccc1)c1ccccc1. The number of anilines is 1. The molecular weight excluding hydrogens is 1140 g/mol. The molecule has 0 saturated heterocycles. The molecule has 0 aliphatic carbocycles. The summed E-state index contributed by atoms with van der Waals surface area (Å²) in [5.74, 6) is 4.83. The molecule has 3 aliphatic heterocycles. The quantitative estimate of drug-likeness (QED) is 0.0197. The number of aldehydes is 1. The number of aryl methyl sites for hydroxylation is 2. The van der Waals surface area contributed by atoms with Gasteiger partial charge in [0.15, 0.2) is 11.9 Å². The van der Waals surface area contributed by atoms with Gasteiger partial charge < -0.3 is 19.7 Å². The lowest BCUT2D eigenvalue weighted by Crippen LogP contribution is -2.30. The van der Waals surface area contributed by atoms with Crippen LogP contribution in [0, 0.1) is 11.8 Å². The number of unbranched alkanes of at least 4 members (excludes halogenated alkanes) is 9. The Morgan fingerprint density at radius 2 is 0.846 bits per heavy atom. The molecule has 4 heterocycles. The lowest BCUT2D eigenvalue weighted by atomic mass is 9.87. The van der Waals surface area contributed by atoms with E-state index in [9.17, 15) is 38.7 Å². The summed E-state index contributed by atoms with van der Waals surface area (Å²) in [5, 5.41) is 15.7. The van der Waals surface area contributed by atoms with E-state index in [4.69, 9.17) is 4.74 Å². The van der Waals surface area contributed by atoms with Gasteiger partial charge in [0.05, 0.1) is 40.0 Å². The van der Waals surface area contributed by atoms with Gasteiger partial charge in [-0.3, -0.25) is 53.1 Å². The van der Waals surface area contributed by atoms with Crippen LogP contribution in [0.15, 0.2) is 182 Å². The number of hydrogen-bond donors (Lipinski definition) is 2. The van der Waals surface area contributed by atoms with E-state index < -0.39 is 11.5 Å². The van der Waals surface area contributed by atoms with Gasteiger partial charge in [0.25, 0.3) is 41.4 Å². The zero-order valence-corrected chi connectivity index (χ0v) is 50.7. The molecule has 91 heavy (non-hydrogen) atoms. The van der Waals surface area contributed by atoms with E-state index in [2.05, 4.69) is 17.2 Å². The molecule has 0 unspecified atom stereocenters. The standard InChI is InChI=1S/C76H71N5O10/c82-52-56-50-67(81(51-53-28-10-7-11-29-53)66(56)42-43-76(90,57-32-14-8-15-33-57)58-34-16-9-17-35-58)69(83)77-59-48-54(30-12-1-3-24-44-78-70(84)60-36-18-19-37-61(60)71(78)85)68(91-47-27-6-5-26-46-80-74(88)64-40-22-23-41-65(64)75(80)89)55(49-59)31-13-2-4-25-45-79-72(86)62-38-20-21-39-63(62)73(79)87/h7-11,14-23,28-29,32-41,48-50,52,90H,1-6,12-13,24-27,30-31,44-47,51H2,(H,77,83). The Hall–Kier alpha value is -10.3. The van der Waals surface area contributed by atoms with Crippen molar-refractivity contribution in [3.63, 3.8) is 0 Å². The van der Waals surface area contributed by atoms with E-state index >= 15 is 4.79 Å². The fourth-order valence-electron chi connectivity index (χ4n) is 12.4. The summed E-state index contributed by atoms with van der Waals surface area (Å²) in [5.41, 5.74) is 5.46. The highest BCUT2D eigenvalue weighted by Gasteiger charge is 2.37. The third kappa shape index (κ3) is 13.8. The van der Waals surface area contributed by atoms with Crippen molar-refractivity contribution < 1.29 is 48.2 Å². The van der Waals surface area contributed by atoms with Gasteiger partial charge in [-0.25, -0.2) is 0 Å². The van der Waals surface area contributed by atoms with E-state index in [1.54, 1.807) is 102 Å². The second-order valence-corrected chi connectivity index (χ2v) is 23.3. The van der Waals surface area contributed by atoms with Crippen LogP contribution in [0.4, 0.5) is 5.69 Å². The maximum Gasteiger partial charge on any atom is 0.272 e. The predicted molar refractivity (Wildman–Crippen MR) is 346 cm³/mol. The van der Waals surface area contributed by atoms with Crippen LogP contribution < -0.4 is 10.1 Å². The number of nitrogens with one attached hydrogen (secondary N) is 1. The first-order chi connectivity index (χ1) is 44.4. The Morgan fingerprint density at radius 3 is 1.25 bits per heavy atom. The summed E-state index contributed by atoms with van der Waals surface area (Å²) in [4.78, 5) is 111. The molecular formula is C76H71N5O10. The van der Waals surface area contributed by atoms with Gasteiger partial charge in [0, 0.05) is 48.6 Å². The zero-order valence-electron chi connectivity index (χ0n) is 50.7. The van der Waals surface area contributed by atoms with Crippen LogP contribution in [0.5, 0.6) is 5.75 Å². The normalized spacial score (nSPS) is 13.4. The number of imide groups is 3. The Labute approximate surface area is 529 Å². The molecule has 2 N–H and O–H groups in total. The minimum atomic E-state index is -1.79. The second-order valence-electron chi connectivity index (χ2n) is 23.3. The van der Waals surface area contributed by atoms with Crippen molar-refractivity contribution in [2.24, 2.45) is 0 Å². The molecule has 3 aliphatic rings. The smallest absolute Gasteiger partial charge is 0.272 e. The summed E-state index contributed by atoms with van der Waals surface area (Å²) >= 11 is 0. The zero-order chi connectivity index (χ0) is 63.3. The second kappa shape index (κ2) is 28.9. The molecule has 0 spiro atoms. The number of aliphatic hydroxyl groups is 1. The minimum absolute atomic E-state index is 0.164. The van der Waals surface area contributed by atoms with Gasteiger partial charge in [-0.15, -0.1) is 0 Å². The van der Waals surface area contributed by atoms with Gasteiger partial charge in [0.2, 0.25) is 0 Å². The van der Waals surface area contributed by atoms with E-state index in [1.165, 1.54) is 20.8 Å². The van der Waals surface area contributed by atoms with Gasteiger partial charge in [-0.2, -0.15) is 0 Å². The lowest BCUT2D eigenvalue weighted by Gasteiger charge is -2.23. The average Bonchev–Trinajstić information content (AvgIpc) is 1.45. The topological polar surface area (TPSA) is 193 Å². The number of carbonyl (C=O) groups is 8. The molecule has 11 rings (SSSR count). The molecule has 0 saturated carbocycles. The van der Waals surface area contributed by atoms with Gasteiger partial charge in [-0.1, -0.05) is 172 Å². The number of aromatic nitrogens is 1. The predicted octanol–water partition coefficient (Wildman–Crippen LogP) is 12.9. The van der Waals surface area contributed by atoms with Gasteiger partial charge >= 0.3 is 0 Å². The Balaban J connectivity index is 0.856. The molecule has 460 valence electrons. The molecule has 15 heteroatoms. The van der Waals surface area contributed by atoms with Crippen LogP contribution in [-0.4, -0.2) is 98.3 Å². The van der Waals surface area contributed by atoms with Crippen LogP contribution in [0.3, 0.4) is 0 Å². The summed E-state index contributed by atoms with van der Waals surface area (Å²) in [7, 11) is 0. The van der Waals surface area contributed by atoms with Crippen molar-refractivity contribution in [3.05, 3.63) is 260 Å². The maximum atomic E-state index is 15.1. The van der Waals surface area contributed by atoms with Crippen molar-refractivity contribution in [3.8, 4) is 17.6 Å². The molecule has 0 bridgehead atoms. The molecule has 7 amide bonds. The monoisotopic (exact) mass is 1210 g/mol. The molecule has 0 fully saturated rings. The summed E-state index contributed by atoms with van der Waals surface area (Å²) in [6.07, 6.45) is 10.3. The van der Waals surface area contributed by atoms with Crippen molar-refractivity contribution in [2.75, 3.05) is 31.6 Å². The molecule has 0 atom stereocenters. The number of nitrogens with zero attached hydrogens (tertiary/aromatic N) is 4. The van der Waals surface area contributed by atoms with Crippen molar-refractivity contribution >= 4 is 53.3 Å².